The number of nitrogens with zero attached hydrogens (tertiary/aromatic N) is 2. The molecule has 1 N–H and O–H groups in total. The van der Waals surface area contributed by atoms with E-state index in [4.69, 9.17) is 4.74 Å². The smallest absolute Gasteiger partial charge is 0.226 e. The van der Waals surface area contributed by atoms with E-state index in [1.54, 1.807) is 12.3 Å². The van der Waals surface area contributed by atoms with Crippen LogP contribution in [0, 0.1) is 0 Å². The van der Waals surface area contributed by atoms with E-state index in [9.17, 15) is 0 Å². The van der Waals surface area contributed by atoms with Gasteiger partial charge in [-0.15, -0.1) is 0 Å². The first kappa shape index (κ1) is 15.1. The number of fused-ring (bicyclic) bond motifs is 1. The van der Waals surface area contributed by atoms with E-state index in [2.05, 4.69) is 38.8 Å². The van der Waals surface area contributed by atoms with Gasteiger partial charge >= 0.3 is 0 Å². The zero-order chi connectivity index (χ0) is 15.5. The van der Waals surface area contributed by atoms with Gasteiger partial charge in [-0.25, -0.2) is 4.98 Å². The van der Waals surface area contributed by atoms with Crippen molar-refractivity contribution in [2.75, 3.05) is 16.8 Å². The first-order valence-corrected chi connectivity index (χ1v) is 10.0. The highest BCUT2D eigenvalue weighted by molar-refractivity contribution is 8.07. The molecule has 4 rings (SSSR count). The maximum absolute atomic E-state index is 5.79. The number of anilines is 1. The van der Waals surface area contributed by atoms with Crippen LogP contribution in [0.15, 0.2) is 42.6 Å². The van der Waals surface area contributed by atoms with E-state index in [-0.39, 0.29) is 0 Å². The van der Waals surface area contributed by atoms with Crippen LogP contribution in [0.5, 0.6) is 11.6 Å². The molecule has 2 fully saturated rings. The Hall–Kier alpha value is -1.40. The van der Waals surface area contributed by atoms with Crippen molar-refractivity contribution in [1.82, 2.24) is 9.97 Å². The summed E-state index contributed by atoms with van der Waals surface area (Å²) in [6.45, 7) is 0. The molecule has 0 spiro atoms. The summed E-state index contributed by atoms with van der Waals surface area (Å²) in [5.74, 6) is 4.57. The van der Waals surface area contributed by atoms with Crippen LogP contribution in [0.25, 0.3) is 0 Å². The Morgan fingerprint density at radius 2 is 1.91 bits per heavy atom. The molecule has 1 aliphatic carbocycles. The number of benzene rings is 1. The van der Waals surface area contributed by atoms with E-state index in [0.29, 0.717) is 23.1 Å². The summed E-state index contributed by atoms with van der Waals surface area (Å²) in [6, 6.07) is 12.0. The molecule has 2 aliphatic rings. The van der Waals surface area contributed by atoms with Crippen molar-refractivity contribution in [3.05, 3.63) is 42.6 Å². The molecule has 3 atom stereocenters. The van der Waals surface area contributed by atoms with Crippen LogP contribution in [-0.4, -0.2) is 38.0 Å². The van der Waals surface area contributed by atoms with E-state index in [1.807, 2.05) is 30.3 Å². The van der Waals surface area contributed by atoms with Gasteiger partial charge in [0.15, 0.2) is 0 Å². The Kier molecular flexibility index (Phi) is 4.62. The van der Waals surface area contributed by atoms with E-state index >= 15 is 0 Å². The second kappa shape index (κ2) is 7.01. The third-order valence-corrected chi connectivity index (χ3v) is 7.47. The second-order valence-corrected chi connectivity index (χ2v) is 8.34. The average Bonchev–Trinajstić information content (AvgIpc) is 2.99. The molecule has 120 valence electrons. The minimum absolute atomic E-state index is 0.463. The van der Waals surface area contributed by atoms with Crippen molar-refractivity contribution in [3.63, 3.8) is 0 Å². The molecule has 1 aromatic heterocycles. The highest BCUT2D eigenvalue weighted by Crippen LogP contribution is 2.42. The van der Waals surface area contributed by atoms with E-state index < -0.39 is 0 Å². The zero-order valence-corrected chi connectivity index (χ0v) is 14.4. The molecule has 23 heavy (non-hydrogen) atoms. The van der Waals surface area contributed by atoms with Crippen molar-refractivity contribution in [2.45, 2.75) is 29.4 Å². The molecule has 0 bridgehead atoms. The number of ether oxygens (including phenoxy) is 1. The van der Waals surface area contributed by atoms with Gasteiger partial charge in [-0.2, -0.15) is 28.5 Å². The van der Waals surface area contributed by atoms with Gasteiger partial charge in [-0.05, 0) is 25.0 Å². The second-order valence-electron chi connectivity index (χ2n) is 5.71. The lowest BCUT2D eigenvalue weighted by molar-refractivity contribution is 0.462. The number of hydrogen-bond donors (Lipinski definition) is 1. The van der Waals surface area contributed by atoms with Crippen LogP contribution in [-0.2, 0) is 0 Å². The Morgan fingerprint density at radius 3 is 2.83 bits per heavy atom. The van der Waals surface area contributed by atoms with Gasteiger partial charge in [0.05, 0.1) is 0 Å². The molecule has 0 amide bonds. The predicted octanol–water partition coefficient (Wildman–Crippen LogP) is 4.06. The summed E-state index contributed by atoms with van der Waals surface area (Å²) < 4.78 is 5.79. The number of aromatic nitrogens is 2. The average molecular weight is 345 g/mol. The van der Waals surface area contributed by atoms with Crippen molar-refractivity contribution in [2.24, 2.45) is 0 Å². The molecule has 0 radical (unpaired) electrons. The zero-order valence-electron chi connectivity index (χ0n) is 12.7. The summed E-state index contributed by atoms with van der Waals surface area (Å²) in [6.07, 6.45) is 4.24. The van der Waals surface area contributed by atoms with Crippen LogP contribution in [0.2, 0.25) is 0 Å². The normalized spacial score (nSPS) is 26.5. The lowest BCUT2D eigenvalue weighted by atomic mass is 10.2. The fraction of sp³-hybridized carbons (Fsp3) is 0.412. The number of para-hydroxylation sites is 1. The van der Waals surface area contributed by atoms with E-state index in [1.165, 1.54) is 24.3 Å². The van der Waals surface area contributed by atoms with Crippen LogP contribution in [0.4, 0.5) is 5.95 Å². The molecule has 3 unspecified atom stereocenters. The molecular formula is C17H19N3OS2. The van der Waals surface area contributed by atoms with Gasteiger partial charge in [-0.3, -0.25) is 0 Å². The summed E-state index contributed by atoms with van der Waals surface area (Å²) in [7, 11) is 0. The van der Waals surface area contributed by atoms with Gasteiger partial charge in [0.2, 0.25) is 11.8 Å². The van der Waals surface area contributed by atoms with Crippen molar-refractivity contribution >= 4 is 29.5 Å². The Morgan fingerprint density at radius 1 is 1.04 bits per heavy atom. The largest absolute Gasteiger partial charge is 0.439 e. The molecule has 6 heteroatoms. The van der Waals surface area contributed by atoms with Gasteiger partial charge in [0.1, 0.15) is 5.75 Å². The molecule has 1 saturated carbocycles. The Labute approximate surface area is 144 Å². The maximum Gasteiger partial charge on any atom is 0.226 e. The summed E-state index contributed by atoms with van der Waals surface area (Å²) in [5.41, 5.74) is 0. The van der Waals surface area contributed by atoms with Crippen molar-refractivity contribution < 1.29 is 4.74 Å². The minimum atomic E-state index is 0.463. The van der Waals surface area contributed by atoms with Crippen LogP contribution >= 0.6 is 23.5 Å². The topological polar surface area (TPSA) is 47.0 Å². The fourth-order valence-corrected chi connectivity index (χ4v) is 6.40. The molecule has 1 aliphatic heterocycles. The maximum atomic E-state index is 5.79. The fourth-order valence-electron chi connectivity index (χ4n) is 3.11. The molecule has 2 heterocycles. The Balaban J connectivity index is 1.44. The van der Waals surface area contributed by atoms with Crippen LogP contribution in [0.1, 0.15) is 12.8 Å². The van der Waals surface area contributed by atoms with Gasteiger partial charge in [0, 0.05) is 40.3 Å². The molecule has 4 nitrogen and oxygen atoms in total. The van der Waals surface area contributed by atoms with Crippen molar-refractivity contribution in [3.8, 4) is 11.6 Å². The first-order chi connectivity index (χ1) is 11.4. The first-order valence-electron chi connectivity index (χ1n) is 7.94. The van der Waals surface area contributed by atoms with Gasteiger partial charge in [0.25, 0.3) is 0 Å². The number of nitrogens with one attached hydrogen (secondary N) is 1. The molecule has 1 saturated heterocycles. The standard InChI is InChI=1S/C17H19N3OS2/c1-2-4-12(5-3-1)21-15-8-9-18-17(20-15)19-13-6-7-14-16(13)23-11-10-22-14/h1-5,8-9,13-14,16H,6-7,10-11H2,(H,18,19,20). The molecule has 1 aromatic carbocycles. The predicted molar refractivity (Wildman–Crippen MR) is 97.7 cm³/mol. The summed E-state index contributed by atoms with van der Waals surface area (Å²) in [5, 5.41) is 4.99. The SMILES string of the molecule is c1ccc(Oc2ccnc(NC3CCC4SCCSC34)n2)cc1. The minimum Gasteiger partial charge on any atom is -0.439 e. The summed E-state index contributed by atoms with van der Waals surface area (Å²) in [4.78, 5) is 8.87. The quantitative estimate of drug-likeness (QED) is 0.902. The molecule has 2 aromatic rings. The van der Waals surface area contributed by atoms with E-state index in [0.717, 1.165) is 11.0 Å². The highest BCUT2D eigenvalue weighted by atomic mass is 32.2. The lowest BCUT2D eigenvalue weighted by Crippen LogP contribution is -2.34. The Bertz CT molecular complexity index is 655. The van der Waals surface area contributed by atoms with Gasteiger partial charge in [-0.1, -0.05) is 18.2 Å². The monoisotopic (exact) mass is 345 g/mol. The molecular weight excluding hydrogens is 326 g/mol. The third kappa shape index (κ3) is 3.58. The van der Waals surface area contributed by atoms with Crippen molar-refractivity contribution in [1.29, 1.82) is 0 Å². The number of rotatable bonds is 4. The lowest BCUT2D eigenvalue weighted by Gasteiger charge is -2.28. The van der Waals surface area contributed by atoms with Gasteiger partial charge < -0.3 is 10.1 Å². The summed E-state index contributed by atoms with van der Waals surface area (Å²) >= 11 is 4.22. The van der Waals surface area contributed by atoms with Crippen LogP contribution < -0.4 is 10.1 Å². The van der Waals surface area contributed by atoms with Crippen LogP contribution in [0.3, 0.4) is 0 Å². The third-order valence-electron chi connectivity index (χ3n) is 4.16. The number of thioether (sulfide) groups is 2. The highest BCUT2D eigenvalue weighted by Gasteiger charge is 2.39. The number of hydrogen-bond acceptors (Lipinski definition) is 6.